The topological polar surface area (TPSA) is 110 Å². The summed E-state index contributed by atoms with van der Waals surface area (Å²) in [5.41, 5.74) is 12.2. The minimum atomic E-state index is -0.527. The molecule has 2 aliphatic carbocycles. The molecular weight excluding hydrogens is 555 g/mol. The molecule has 4 heterocycles. The second-order valence-corrected chi connectivity index (χ2v) is 13.2. The lowest BCUT2D eigenvalue weighted by Crippen LogP contribution is -2.46. The summed E-state index contributed by atoms with van der Waals surface area (Å²) in [7, 11) is 0. The molecule has 3 fully saturated rings. The van der Waals surface area contributed by atoms with E-state index in [9.17, 15) is 9.65 Å². The number of hydrogen-bond acceptors (Lipinski definition) is 9. The van der Waals surface area contributed by atoms with Crippen LogP contribution in [0.15, 0.2) is 42.4 Å². The summed E-state index contributed by atoms with van der Waals surface area (Å²) < 4.78 is 19.9. The highest BCUT2D eigenvalue weighted by molar-refractivity contribution is 5.99. The van der Waals surface area contributed by atoms with E-state index in [1.54, 1.807) is 18.3 Å². The standard InChI is InChI=1S/C34H37FN8O/c1-5-21-17-37-30-22(16-36)14-24(15-26(30)31(21)40-28-10-13-44-19-33(28,3)4)39-32(25-8-9-29(35)38-20(25)2)27-18-43(42-41-27)34(11-12-34)23-6-7-23/h1,8-9,14-15,17-18,23,28,32,39,41-42H,6-7,10-13,19H2,2-4H3,(H,37,40)/t28-,32+/m1/s1. The van der Waals surface area contributed by atoms with E-state index in [0.29, 0.717) is 47.2 Å². The van der Waals surface area contributed by atoms with E-state index < -0.39 is 12.0 Å². The van der Waals surface area contributed by atoms with E-state index in [1.165, 1.54) is 18.9 Å². The average molecular weight is 593 g/mol. The van der Waals surface area contributed by atoms with Crippen LogP contribution in [0.2, 0.25) is 0 Å². The number of aromatic nitrogens is 2. The van der Waals surface area contributed by atoms with Gasteiger partial charge in [-0.2, -0.15) is 9.65 Å². The van der Waals surface area contributed by atoms with E-state index in [1.807, 2.05) is 13.0 Å². The number of pyridine rings is 2. The first-order valence-corrected chi connectivity index (χ1v) is 15.3. The molecule has 0 radical (unpaired) electrons. The summed E-state index contributed by atoms with van der Waals surface area (Å²) in [5.74, 6) is 2.97. The van der Waals surface area contributed by atoms with Crippen molar-refractivity contribution in [1.29, 1.82) is 5.26 Å². The van der Waals surface area contributed by atoms with Gasteiger partial charge in [-0.1, -0.05) is 25.8 Å². The fraction of sp³-hybridized carbons (Fsp3) is 0.441. The Labute approximate surface area is 257 Å². The van der Waals surface area contributed by atoms with Crippen molar-refractivity contribution >= 4 is 22.3 Å². The molecule has 4 aliphatic rings. The number of rotatable bonds is 8. The van der Waals surface area contributed by atoms with Crippen molar-refractivity contribution in [2.24, 2.45) is 11.3 Å². The molecular formula is C34H37FN8O. The molecule has 2 saturated carbocycles. The molecule has 1 saturated heterocycles. The average Bonchev–Trinajstić information content (AvgIpc) is 3.94. The van der Waals surface area contributed by atoms with Gasteiger partial charge in [-0.15, -0.1) is 12.0 Å². The molecule has 44 heavy (non-hydrogen) atoms. The number of hydrogen-bond donors (Lipinski definition) is 4. The third-order valence-corrected chi connectivity index (χ3v) is 9.73. The molecule has 226 valence electrons. The Bertz CT molecular complexity index is 1750. The largest absolute Gasteiger partial charge is 0.381 e. The Morgan fingerprint density at radius 1 is 1.20 bits per heavy atom. The first-order valence-electron chi connectivity index (χ1n) is 15.3. The van der Waals surface area contributed by atoms with Crippen LogP contribution in [-0.4, -0.2) is 39.8 Å². The predicted molar refractivity (Wildman–Crippen MR) is 167 cm³/mol. The van der Waals surface area contributed by atoms with Crippen molar-refractivity contribution in [3.05, 3.63) is 70.7 Å². The number of terminal acetylenes is 1. The quantitative estimate of drug-likeness (QED) is 0.201. The Morgan fingerprint density at radius 2 is 2.02 bits per heavy atom. The first kappa shape index (κ1) is 28.4. The van der Waals surface area contributed by atoms with Crippen molar-refractivity contribution in [2.45, 2.75) is 70.5 Å². The smallest absolute Gasteiger partial charge is 0.213 e. The van der Waals surface area contributed by atoms with Crippen LogP contribution >= 0.6 is 0 Å². The molecule has 2 atom stereocenters. The van der Waals surface area contributed by atoms with Crippen molar-refractivity contribution in [1.82, 2.24) is 25.9 Å². The van der Waals surface area contributed by atoms with Crippen LogP contribution in [0, 0.1) is 47.9 Å². The van der Waals surface area contributed by atoms with Crippen LogP contribution in [0.5, 0.6) is 0 Å². The number of benzene rings is 1. The molecule has 1 aromatic carbocycles. The van der Waals surface area contributed by atoms with Gasteiger partial charge in [0.05, 0.1) is 46.2 Å². The lowest BCUT2D eigenvalue weighted by molar-refractivity contribution is 0.00350. The number of nitrogens with one attached hydrogen (secondary N) is 4. The molecule has 0 spiro atoms. The van der Waals surface area contributed by atoms with Crippen molar-refractivity contribution < 1.29 is 9.13 Å². The number of aryl methyl sites for hydroxylation is 1. The van der Waals surface area contributed by atoms with E-state index in [0.717, 1.165) is 41.6 Å². The maximum Gasteiger partial charge on any atom is 0.213 e. The van der Waals surface area contributed by atoms with Crippen LogP contribution in [-0.2, 0) is 4.74 Å². The summed E-state index contributed by atoms with van der Waals surface area (Å²) in [6, 6.07) is 8.98. The van der Waals surface area contributed by atoms with Gasteiger partial charge in [0.25, 0.3) is 0 Å². The second-order valence-electron chi connectivity index (χ2n) is 13.2. The number of fused-ring (bicyclic) bond motifs is 1. The molecule has 10 heteroatoms. The first-order chi connectivity index (χ1) is 21.2. The van der Waals surface area contributed by atoms with Gasteiger partial charge in [0.1, 0.15) is 6.07 Å². The molecule has 9 nitrogen and oxygen atoms in total. The Kier molecular flexibility index (Phi) is 6.88. The molecule has 3 aromatic rings. The summed E-state index contributed by atoms with van der Waals surface area (Å²) in [4.78, 5) is 8.73. The van der Waals surface area contributed by atoms with Gasteiger partial charge in [-0.3, -0.25) is 9.99 Å². The number of halogens is 1. The normalized spacial score (nSPS) is 22.4. The van der Waals surface area contributed by atoms with Crippen molar-refractivity contribution in [3.63, 3.8) is 0 Å². The maximum absolute atomic E-state index is 14.1. The third-order valence-electron chi connectivity index (χ3n) is 9.73. The third kappa shape index (κ3) is 4.98. The van der Waals surface area contributed by atoms with E-state index in [4.69, 9.17) is 11.2 Å². The number of nitriles is 1. The highest BCUT2D eigenvalue weighted by Gasteiger charge is 2.58. The molecule has 7 rings (SSSR count). The summed E-state index contributed by atoms with van der Waals surface area (Å²) >= 11 is 0. The van der Waals surface area contributed by atoms with Gasteiger partial charge in [0, 0.05) is 52.8 Å². The molecule has 0 amide bonds. The fourth-order valence-electron chi connectivity index (χ4n) is 6.85. The monoisotopic (exact) mass is 592 g/mol. The maximum atomic E-state index is 14.1. The van der Waals surface area contributed by atoms with E-state index >= 15 is 0 Å². The van der Waals surface area contributed by atoms with Gasteiger partial charge >= 0.3 is 0 Å². The van der Waals surface area contributed by atoms with Crippen LogP contribution in [0.25, 0.3) is 10.9 Å². The summed E-state index contributed by atoms with van der Waals surface area (Å²) in [5, 5.41) is 20.6. The predicted octanol–water partition coefficient (Wildman–Crippen LogP) is 5.42. The van der Waals surface area contributed by atoms with Crippen LogP contribution < -0.4 is 21.6 Å². The Hall–Kier alpha value is -4.38. The minimum absolute atomic E-state index is 0.114. The summed E-state index contributed by atoms with van der Waals surface area (Å²) in [6.07, 6.45) is 15.4. The van der Waals surface area contributed by atoms with Crippen LogP contribution in [0.1, 0.15) is 74.4 Å². The van der Waals surface area contributed by atoms with Gasteiger partial charge < -0.3 is 20.8 Å². The molecule has 0 bridgehead atoms. The van der Waals surface area contributed by atoms with Gasteiger partial charge in [0.2, 0.25) is 5.95 Å². The fourth-order valence-corrected chi connectivity index (χ4v) is 6.85. The highest BCUT2D eigenvalue weighted by Crippen LogP contribution is 2.57. The molecule has 0 unspecified atom stereocenters. The lowest BCUT2D eigenvalue weighted by atomic mass is 9.81. The van der Waals surface area contributed by atoms with Crippen LogP contribution in [0.3, 0.4) is 0 Å². The molecule has 2 aromatic heterocycles. The lowest BCUT2D eigenvalue weighted by Gasteiger charge is -2.39. The minimum Gasteiger partial charge on any atom is -0.381 e. The van der Waals surface area contributed by atoms with E-state index in [2.05, 4.69) is 68.6 Å². The number of ether oxygens (including phenoxy) is 1. The van der Waals surface area contributed by atoms with Gasteiger partial charge in [-0.05, 0) is 63.1 Å². The van der Waals surface area contributed by atoms with E-state index in [-0.39, 0.29) is 17.0 Å². The zero-order valence-corrected chi connectivity index (χ0v) is 25.3. The zero-order chi connectivity index (χ0) is 30.6. The number of nitrogens with zero attached hydrogens (tertiary/aromatic N) is 4. The van der Waals surface area contributed by atoms with Crippen LogP contribution in [0.4, 0.5) is 15.8 Å². The van der Waals surface area contributed by atoms with Gasteiger partial charge in [-0.25, -0.2) is 4.98 Å². The zero-order valence-electron chi connectivity index (χ0n) is 25.3. The molecule has 2 aliphatic heterocycles. The number of hydrazine groups is 2. The second kappa shape index (κ2) is 10.7. The Balaban J connectivity index is 1.31. The van der Waals surface area contributed by atoms with Gasteiger partial charge in [0.15, 0.2) is 0 Å². The SMILES string of the molecule is C#Cc1cnc2c(C#N)cc(N[C@H](C3=CN(C4(C5CC5)CC4)NN3)c3ccc(F)nc3C)cc2c1N[C@@H]1CCOCC1(C)C. The van der Waals surface area contributed by atoms with Crippen molar-refractivity contribution in [3.8, 4) is 18.4 Å². The number of anilines is 2. The Morgan fingerprint density at radius 3 is 2.70 bits per heavy atom. The summed E-state index contributed by atoms with van der Waals surface area (Å²) in [6.45, 7) is 7.46. The highest BCUT2D eigenvalue weighted by atomic mass is 19.1. The molecule has 4 N–H and O–H groups in total. The van der Waals surface area contributed by atoms with Crippen molar-refractivity contribution in [2.75, 3.05) is 23.8 Å².